The maximum atomic E-state index is 11.3. The van der Waals surface area contributed by atoms with E-state index in [1.165, 1.54) is 17.7 Å². The SMILES string of the molecule is CCOC(=O)C/C=C1/CCC=C1N=[N+]=[N-].CCOC(=O)CC(O)C1=C(N=[N+]=[N-])CCC1.CCOC(=O)c1cc2c([nH]1)CCC2.O=C1CCCC1.O=CC1=C(Cl)CCC1.[N-]=[N+]=NC1=C(C=O)CCC1. The van der Waals surface area contributed by atoms with Crippen LogP contribution in [0.5, 0.6) is 0 Å². The highest BCUT2D eigenvalue weighted by Crippen LogP contribution is 2.31. The number of aromatic amines is 1. The average molecular weight is 964 g/mol. The fourth-order valence-corrected chi connectivity index (χ4v) is 7.89. The van der Waals surface area contributed by atoms with Gasteiger partial charge in [-0.25, -0.2) is 4.79 Å². The molecule has 1 aromatic heterocycles. The van der Waals surface area contributed by atoms with Crippen molar-refractivity contribution in [1.82, 2.24) is 4.98 Å². The Hall–Kier alpha value is -6.42. The number of ketones is 1. The number of aliphatic hydroxyl groups is 1. The van der Waals surface area contributed by atoms with Gasteiger partial charge in [-0.05, 0) is 168 Å². The van der Waals surface area contributed by atoms with Crippen LogP contribution in [0.4, 0.5) is 0 Å². The summed E-state index contributed by atoms with van der Waals surface area (Å²) in [6, 6.07) is 1.92. The van der Waals surface area contributed by atoms with Crippen LogP contribution in [-0.4, -0.2) is 72.3 Å². The van der Waals surface area contributed by atoms with Crippen LogP contribution in [0.15, 0.2) is 78.0 Å². The van der Waals surface area contributed by atoms with Gasteiger partial charge < -0.3 is 24.3 Å². The molecule has 0 amide bonds. The van der Waals surface area contributed by atoms with Crippen LogP contribution in [0.3, 0.4) is 0 Å². The van der Waals surface area contributed by atoms with E-state index in [4.69, 9.17) is 42.4 Å². The summed E-state index contributed by atoms with van der Waals surface area (Å²) in [5.41, 5.74) is 32.7. The lowest BCUT2D eigenvalue weighted by molar-refractivity contribution is -0.145. The highest BCUT2D eigenvalue weighted by Gasteiger charge is 2.23. The van der Waals surface area contributed by atoms with Gasteiger partial charge >= 0.3 is 17.9 Å². The van der Waals surface area contributed by atoms with Crippen LogP contribution >= 0.6 is 11.6 Å². The zero-order valence-electron chi connectivity index (χ0n) is 39.3. The van der Waals surface area contributed by atoms with Crippen molar-refractivity contribution in [3.8, 4) is 0 Å². The van der Waals surface area contributed by atoms with E-state index in [9.17, 15) is 33.9 Å². The minimum absolute atomic E-state index is 0.0758. The molecule has 1 unspecified atom stereocenters. The van der Waals surface area contributed by atoms with Gasteiger partial charge in [0.2, 0.25) is 0 Å². The van der Waals surface area contributed by atoms with Crippen LogP contribution in [0.1, 0.15) is 158 Å². The van der Waals surface area contributed by atoms with E-state index < -0.39 is 12.1 Å². The van der Waals surface area contributed by atoms with Crippen molar-refractivity contribution in [3.63, 3.8) is 0 Å². The van der Waals surface area contributed by atoms with E-state index in [1.807, 2.05) is 19.1 Å². The van der Waals surface area contributed by atoms with Crippen LogP contribution in [0, 0.1) is 0 Å². The smallest absolute Gasteiger partial charge is 0.354 e. The average Bonchev–Trinajstić information content (AvgIpc) is 4.18. The molecule has 1 heterocycles. The summed E-state index contributed by atoms with van der Waals surface area (Å²) < 4.78 is 14.4. The van der Waals surface area contributed by atoms with Gasteiger partial charge in [0.25, 0.3) is 0 Å². The molecule has 0 spiro atoms. The van der Waals surface area contributed by atoms with E-state index in [0.717, 1.165) is 125 Å². The van der Waals surface area contributed by atoms with Gasteiger partial charge in [-0.1, -0.05) is 39.1 Å². The third kappa shape index (κ3) is 21.5. The van der Waals surface area contributed by atoms with Crippen molar-refractivity contribution >= 4 is 47.9 Å². The Balaban J connectivity index is 0.000000287. The van der Waals surface area contributed by atoms with Gasteiger partial charge in [0.15, 0.2) is 0 Å². The van der Waals surface area contributed by atoms with Crippen LogP contribution in [0.2, 0.25) is 0 Å². The lowest BCUT2D eigenvalue weighted by atomic mass is 10.1. The predicted molar refractivity (Wildman–Crippen MR) is 254 cm³/mol. The Morgan fingerprint density at radius 2 is 1.32 bits per heavy atom. The van der Waals surface area contributed by atoms with Gasteiger partial charge in [-0.3, -0.25) is 24.0 Å². The van der Waals surface area contributed by atoms with Gasteiger partial charge in [-0.2, -0.15) is 0 Å². The van der Waals surface area contributed by atoms with E-state index in [-0.39, 0.29) is 24.8 Å². The molecule has 7 rings (SSSR count). The summed E-state index contributed by atoms with van der Waals surface area (Å²) in [5, 5.41) is 21.0. The zero-order chi connectivity index (χ0) is 50.1. The van der Waals surface area contributed by atoms with Crippen molar-refractivity contribution in [2.75, 3.05) is 19.8 Å². The summed E-state index contributed by atoms with van der Waals surface area (Å²) in [5.74, 6) is -0.473. The first-order valence-corrected chi connectivity index (χ1v) is 23.4. The number of halogens is 1. The van der Waals surface area contributed by atoms with Gasteiger partial charge in [0, 0.05) is 61.0 Å². The number of Topliss-reactive ketones (excluding diaryl/α,β-unsaturated/α-hetero) is 1. The molecule has 0 saturated heterocycles. The molecule has 368 valence electrons. The Bertz CT molecular complexity index is 2200. The molecule has 0 radical (unpaired) electrons. The summed E-state index contributed by atoms with van der Waals surface area (Å²) in [6.45, 7) is 6.42. The Kier molecular flexibility index (Phi) is 28.8. The predicted octanol–water partition coefficient (Wildman–Crippen LogP) is 11.5. The topological polar surface area (TPSA) is 312 Å². The van der Waals surface area contributed by atoms with Crippen molar-refractivity contribution in [2.45, 2.75) is 155 Å². The molecule has 1 fully saturated rings. The summed E-state index contributed by atoms with van der Waals surface area (Å²) in [4.78, 5) is 75.3. The summed E-state index contributed by atoms with van der Waals surface area (Å²) in [6.07, 6.45) is 21.0. The molecule has 1 atom stereocenters. The molecule has 6 aliphatic carbocycles. The van der Waals surface area contributed by atoms with E-state index in [2.05, 4.69) is 35.1 Å². The lowest BCUT2D eigenvalue weighted by Gasteiger charge is -2.12. The van der Waals surface area contributed by atoms with Crippen LogP contribution in [0.25, 0.3) is 31.3 Å². The van der Waals surface area contributed by atoms with E-state index >= 15 is 0 Å². The number of azide groups is 3. The Morgan fingerprint density at radius 3 is 1.88 bits per heavy atom. The van der Waals surface area contributed by atoms with Crippen molar-refractivity contribution in [1.29, 1.82) is 0 Å². The molecule has 6 aliphatic rings. The normalized spacial score (nSPS) is 17.2. The first kappa shape index (κ1) is 57.7. The van der Waals surface area contributed by atoms with Crippen molar-refractivity contribution in [3.05, 3.63) is 111 Å². The maximum absolute atomic E-state index is 11.3. The molecule has 0 aromatic carbocycles. The second-order valence-electron chi connectivity index (χ2n) is 15.6. The zero-order valence-corrected chi connectivity index (χ0v) is 40.0. The second kappa shape index (κ2) is 34.0. The summed E-state index contributed by atoms with van der Waals surface area (Å²) in [7, 11) is 0. The molecule has 0 aliphatic heterocycles. The van der Waals surface area contributed by atoms with Gasteiger partial charge in [-0.15, -0.1) is 0 Å². The number of aryl methyl sites for hydroxylation is 2. The molecule has 1 saturated carbocycles. The number of allylic oxidation sites excluding steroid dienone is 7. The van der Waals surface area contributed by atoms with Crippen molar-refractivity contribution in [2.24, 2.45) is 15.3 Å². The number of carbonyl (C=O) groups excluding carboxylic acids is 6. The standard InChI is InChI=1S/C10H15N3O3.C10H13N3O2.C10H13NO2.C6H7ClO.C6H7N3O.C5H8O/c1-2-16-10(15)6-9(14)7-4-3-5-8(7)12-13-11;1-2-15-10(14)7-6-8-4-3-5-9(8)12-13-11;1-2-13-10(12)9-6-7-4-3-5-8(7)11-9;7-6-3-1-2-5(6)4-8;7-9-8-6-3-1-2-5(6)4-10;6-5-3-1-2-4-5/h9,14H,2-6H2,1H3;5-6H,2-4,7H2,1H3;6,11H,2-5H2,1H3;4H,1-3H2;4H,1-3H2;1-4H2/b;8-6-;;;;. The number of nitrogens with one attached hydrogen (secondary N) is 1. The third-order valence-corrected chi connectivity index (χ3v) is 11.3. The number of ether oxygens (including phenoxy) is 3. The van der Waals surface area contributed by atoms with Crippen molar-refractivity contribution < 1.29 is 48.1 Å². The minimum atomic E-state index is -0.887. The van der Waals surface area contributed by atoms with E-state index in [1.54, 1.807) is 19.9 Å². The second-order valence-corrected chi connectivity index (χ2v) is 16.1. The highest BCUT2D eigenvalue weighted by atomic mass is 35.5. The Labute approximate surface area is 401 Å². The quantitative estimate of drug-likeness (QED) is 0.0443. The van der Waals surface area contributed by atoms with Gasteiger partial charge in [0.1, 0.15) is 24.0 Å². The molecule has 2 N–H and O–H groups in total. The Morgan fingerprint density at radius 1 is 0.735 bits per heavy atom. The number of carbonyl (C=O) groups is 6. The first-order valence-electron chi connectivity index (χ1n) is 23.0. The molecule has 1 aromatic rings. The molecule has 68 heavy (non-hydrogen) atoms. The molecular formula is C47H63ClN10O10. The number of aldehydes is 2. The van der Waals surface area contributed by atoms with Crippen LogP contribution in [-0.2, 0) is 51.0 Å². The number of aromatic nitrogens is 1. The number of nitrogens with zero attached hydrogens (tertiary/aromatic N) is 9. The fraction of sp³-hybridized carbons (Fsp3) is 0.574. The van der Waals surface area contributed by atoms with E-state index in [0.29, 0.717) is 72.4 Å². The maximum Gasteiger partial charge on any atom is 0.354 e. The van der Waals surface area contributed by atoms with Gasteiger partial charge in [0.05, 0.1) is 38.8 Å². The highest BCUT2D eigenvalue weighted by molar-refractivity contribution is 6.31. The molecule has 21 heteroatoms. The molecule has 20 nitrogen and oxygen atoms in total. The summed E-state index contributed by atoms with van der Waals surface area (Å²) >= 11 is 5.63. The fourth-order valence-electron chi connectivity index (χ4n) is 7.62. The molecule has 0 bridgehead atoms. The number of hydrogen-bond donors (Lipinski definition) is 2. The first-order chi connectivity index (χ1) is 32.9. The third-order valence-electron chi connectivity index (χ3n) is 10.9. The number of H-pyrrole nitrogens is 1. The monoisotopic (exact) mass is 962 g/mol. The van der Waals surface area contributed by atoms with Crippen LogP contribution < -0.4 is 0 Å². The number of hydrogen-bond acceptors (Lipinski definition) is 13. The number of rotatable bonds is 14. The molecular weight excluding hydrogens is 900 g/mol. The number of aliphatic hydroxyl groups excluding tert-OH is 1. The largest absolute Gasteiger partial charge is 0.466 e. The number of fused-ring (bicyclic) bond motifs is 1. The minimum Gasteiger partial charge on any atom is -0.466 e. The lowest BCUT2D eigenvalue weighted by Crippen LogP contribution is -2.17. The number of esters is 3.